The standard InChI is InChI=1S/2C17H17ClFNO2.C16H15ClFNO2/c1-3-11-4-6-14(12(8-11)9-16(21)22)20-15-7-5-13(18)10(2)17(15)19;1-3-12-13(18)5-7-15(17(12)19)20-14-6-4-10(2)8-11(14)9-16(21)22;1-9-3-5-13(11(7-9)8-15(20)21)19-14-6-4-12(17)10(2)16(14)18/h2*4-8,20H,3,9H2,1-2H3,(H,21,22);3-7,19H,8H2,1-2H3,(H,20,21). The molecule has 6 aromatic rings. The highest BCUT2D eigenvalue weighted by molar-refractivity contribution is 6.32. The van der Waals surface area contributed by atoms with Crippen molar-refractivity contribution in [1.29, 1.82) is 0 Å². The first-order chi connectivity index (χ1) is 30.7. The van der Waals surface area contributed by atoms with Crippen molar-refractivity contribution in [1.82, 2.24) is 0 Å². The van der Waals surface area contributed by atoms with Crippen molar-refractivity contribution in [3.63, 3.8) is 0 Å². The molecule has 65 heavy (non-hydrogen) atoms. The van der Waals surface area contributed by atoms with Gasteiger partial charge in [0.1, 0.15) is 0 Å². The second-order valence-corrected chi connectivity index (χ2v) is 16.3. The maximum absolute atomic E-state index is 14.4. The van der Waals surface area contributed by atoms with Gasteiger partial charge in [-0.3, -0.25) is 14.4 Å². The van der Waals surface area contributed by atoms with E-state index >= 15 is 0 Å². The molecule has 0 atom stereocenters. The second-order valence-electron chi connectivity index (χ2n) is 15.1. The molecule has 0 spiro atoms. The number of aliphatic carboxylic acids is 3. The van der Waals surface area contributed by atoms with Gasteiger partial charge < -0.3 is 31.3 Å². The fourth-order valence-corrected chi connectivity index (χ4v) is 7.15. The Bertz CT molecular complexity index is 2710. The normalized spacial score (nSPS) is 10.5. The molecule has 6 rings (SSSR count). The highest BCUT2D eigenvalue weighted by atomic mass is 35.5. The number of anilines is 6. The van der Waals surface area contributed by atoms with E-state index in [0.29, 0.717) is 71.9 Å². The summed E-state index contributed by atoms with van der Waals surface area (Å²) in [5.74, 6) is -4.07. The summed E-state index contributed by atoms with van der Waals surface area (Å²) in [6.45, 7) is 10.8. The van der Waals surface area contributed by atoms with Crippen LogP contribution < -0.4 is 16.0 Å². The zero-order chi connectivity index (χ0) is 48.1. The molecule has 0 unspecified atom stereocenters. The van der Waals surface area contributed by atoms with Gasteiger partial charge in [-0.25, -0.2) is 13.2 Å². The first-order valence-electron chi connectivity index (χ1n) is 20.4. The number of aryl methyl sites for hydroxylation is 3. The minimum Gasteiger partial charge on any atom is -0.481 e. The third-order valence-corrected chi connectivity index (χ3v) is 11.3. The molecule has 0 saturated heterocycles. The van der Waals surface area contributed by atoms with E-state index in [0.717, 1.165) is 23.1 Å². The van der Waals surface area contributed by atoms with E-state index in [4.69, 9.17) is 50.1 Å². The van der Waals surface area contributed by atoms with Crippen LogP contribution >= 0.6 is 34.8 Å². The fourth-order valence-electron chi connectivity index (χ4n) is 6.57. The van der Waals surface area contributed by atoms with Crippen LogP contribution in [0.5, 0.6) is 0 Å². The first kappa shape index (κ1) is 51.4. The summed E-state index contributed by atoms with van der Waals surface area (Å²) in [5, 5.41) is 37.0. The van der Waals surface area contributed by atoms with Gasteiger partial charge in [-0.15, -0.1) is 0 Å². The number of carboxylic acid groups (broad SMARTS) is 3. The lowest BCUT2D eigenvalue weighted by atomic mass is 10.0. The number of nitrogens with one attached hydrogen (secondary N) is 3. The quantitative estimate of drug-likeness (QED) is 0.0628. The summed E-state index contributed by atoms with van der Waals surface area (Å²) in [6, 6.07) is 25.7. The summed E-state index contributed by atoms with van der Waals surface area (Å²) in [7, 11) is 0. The van der Waals surface area contributed by atoms with Crippen molar-refractivity contribution >= 4 is 86.8 Å². The Hall–Kier alpha value is -6.21. The third kappa shape index (κ3) is 14.4. The summed E-state index contributed by atoms with van der Waals surface area (Å²) < 4.78 is 42.8. The van der Waals surface area contributed by atoms with Gasteiger partial charge in [-0.2, -0.15) is 0 Å². The molecule has 0 aliphatic heterocycles. The topological polar surface area (TPSA) is 148 Å². The predicted molar refractivity (Wildman–Crippen MR) is 255 cm³/mol. The predicted octanol–water partition coefficient (Wildman–Crippen LogP) is 13.9. The van der Waals surface area contributed by atoms with E-state index < -0.39 is 35.4 Å². The lowest BCUT2D eigenvalue weighted by Crippen LogP contribution is -2.05. The number of rotatable bonds is 14. The highest BCUT2D eigenvalue weighted by Crippen LogP contribution is 2.32. The second kappa shape index (κ2) is 23.6. The van der Waals surface area contributed by atoms with E-state index in [2.05, 4.69) is 16.0 Å². The van der Waals surface area contributed by atoms with Crippen LogP contribution in [0.3, 0.4) is 0 Å². The van der Waals surface area contributed by atoms with E-state index in [1.54, 1.807) is 74.5 Å². The Morgan fingerprint density at radius 1 is 0.462 bits per heavy atom. The van der Waals surface area contributed by atoms with Gasteiger partial charge in [0.05, 0.1) is 36.3 Å². The number of carbonyl (C=O) groups is 3. The molecule has 0 radical (unpaired) electrons. The smallest absolute Gasteiger partial charge is 0.307 e. The maximum atomic E-state index is 14.4. The molecule has 0 aliphatic carbocycles. The van der Waals surface area contributed by atoms with E-state index in [1.807, 2.05) is 52.0 Å². The van der Waals surface area contributed by atoms with Crippen LogP contribution in [-0.4, -0.2) is 33.2 Å². The van der Waals surface area contributed by atoms with E-state index in [-0.39, 0.29) is 36.3 Å². The average Bonchev–Trinajstić information content (AvgIpc) is 3.24. The zero-order valence-corrected chi connectivity index (χ0v) is 38.8. The summed E-state index contributed by atoms with van der Waals surface area (Å²) >= 11 is 17.7. The largest absolute Gasteiger partial charge is 0.481 e. The molecular formula is C50H49Cl3F3N3O6. The minimum atomic E-state index is -0.934. The molecule has 342 valence electrons. The Morgan fingerprint density at radius 2 is 0.800 bits per heavy atom. The summed E-state index contributed by atoms with van der Waals surface area (Å²) in [5.41, 5.74) is 8.51. The fraction of sp³-hybridized carbons (Fsp3) is 0.220. The van der Waals surface area contributed by atoms with Crippen LogP contribution in [0.25, 0.3) is 0 Å². The number of hydrogen-bond donors (Lipinski definition) is 6. The van der Waals surface area contributed by atoms with Gasteiger partial charge in [0.25, 0.3) is 0 Å². The molecular weight excluding hydrogens is 902 g/mol. The number of carboxylic acids is 3. The maximum Gasteiger partial charge on any atom is 0.307 e. The van der Waals surface area contributed by atoms with Crippen molar-refractivity contribution in [3.05, 3.63) is 174 Å². The molecule has 15 heteroatoms. The van der Waals surface area contributed by atoms with Gasteiger partial charge in [-0.1, -0.05) is 96.2 Å². The monoisotopic (exact) mass is 949 g/mol. The summed E-state index contributed by atoms with van der Waals surface area (Å²) in [4.78, 5) is 32.9. The Kier molecular flexibility index (Phi) is 18.7. The Labute approximate surface area is 391 Å². The SMILES string of the molecule is CCc1c(Cl)ccc(Nc2ccc(C)cc2CC(=O)O)c1F.CCc1ccc(Nc2ccc(Cl)c(C)c2F)c(CC(=O)O)c1.Cc1ccc(Nc2ccc(Cl)c(C)c2F)c(CC(=O)O)c1. The third-order valence-electron chi connectivity index (χ3n) is 10.1. The molecule has 0 fully saturated rings. The molecule has 0 bridgehead atoms. The van der Waals surface area contributed by atoms with Gasteiger partial charge in [-0.05, 0) is 117 Å². The average molecular weight is 951 g/mol. The van der Waals surface area contributed by atoms with Crippen LogP contribution in [0.15, 0.2) is 91.0 Å². The van der Waals surface area contributed by atoms with Crippen molar-refractivity contribution in [2.45, 2.75) is 73.6 Å². The molecule has 0 saturated carbocycles. The van der Waals surface area contributed by atoms with Gasteiger partial charge in [0.15, 0.2) is 17.5 Å². The highest BCUT2D eigenvalue weighted by Gasteiger charge is 2.16. The molecule has 6 aromatic carbocycles. The molecule has 0 heterocycles. The van der Waals surface area contributed by atoms with E-state index in [1.165, 1.54) is 6.07 Å². The number of benzene rings is 6. The molecule has 6 N–H and O–H groups in total. The number of halogens is 6. The van der Waals surface area contributed by atoms with Crippen molar-refractivity contribution in [2.75, 3.05) is 16.0 Å². The van der Waals surface area contributed by atoms with Crippen LogP contribution in [0.4, 0.5) is 47.3 Å². The van der Waals surface area contributed by atoms with Crippen LogP contribution in [0.1, 0.15) is 63.9 Å². The van der Waals surface area contributed by atoms with Gasteiger partial charge in [0.2, 0.25) is 0 Å². The minimum absolute atomic E-state index is 0.121. The van der Waals surface area contributed by atoms with E-state index in [9.17, 15) is 27.6 Å². The van der Waals surface area contributed by atoms with Crippen molar-refractivity contribution < 1.29 is 42.9 Å². The lowest BCUT2D eigenvalue weighted by Gasteiger charge is -2.14. The molecule has 9 nitrogen and oxygen atoms in total. The summed E-state index contributed by atoms with van der Waals surface area (Å²) in [6.07, 6.45) is 0.916. The van der Waals surface area contributed by atoms with Crippen LogP contribution in [0.2, 0.25) is 15.1 Å². The van der Waals surface area contributed by atoms with Gasteiger partial charge in [0, 0.05) is 48.8 Å². The zero-order valence-electron chi connectivity index (χ0n) is 36.5. The molecule has 0 aromatic heterocycles. The first-order valence-corrected chi connectivity index (χ1v) is 21.5. The Morgan fingerprint density at radius 3 is 1.17 bits per heavy atom. The van der Waals surface area contributed by atoms with Crippen LogP contribution in [0, 0.1) is 45.1 Å². The molecule has 0 aliphatic rings. The lowest BCUT2D eigenvalue weighted by molar-refractivity contribution is -0.137. The molecule has 0 amide bonds. The van der Waals surface area contributed by atoms with Crippen LogP contribution in [-0.2, 0) is 46.5 Å². The number of hydrogen-bond acceptors (Lipinski definition) is 6. The van der Waals surface area contributed by atoms with Crippen molar-refractivity contribution in [2.24, 2.45) is 0 Å². The van der Waals surface area contributed by atoms with Gasteiger partial charge >= 0.3 is 17.9 Å². The Balaban J connectivity index is 0.000000213. The van der Waals surface area contributed by atoms with Crippen molar-refractivity contribution in [3.8, 4) is 0 Å².